The van der Waals surface area contributed by atoms with E-state index in [1.54, 1.807) is 0 Å². The molecule has 0 aliphatic rings. The second-order valence-electron chi connectivity index (χ2n) is 19.9. The predicted octanol–water partition coefficient (Wildman–Crippen LogP) is 15.9. The fraction of sp³-hybridized carbons (Fsp3) is 0.810. The lowest BCUT2D eigenvalue weighted by Gasteiger charge is -2.25. The van der Waals surface area contributed by atoms with Gasteiger partial charge in [0.1, 0.15) is 13.2 Å². The maximum atomic E-state index is 12.8. The Balaban J connectivity index is 4.27. The zero-order valence-corrected chi connectivity index (χ0v) is 44.3. The number of esters is 2. The van der Waals surface area contributed by atoms with Gasteiger partial charge in [0.15, 0.2) is 6.10 Å². The molecule has 0 heterocycles. The zero-order valence-electron chi connectivity index (χ0n) is 44.3. The molecular formula is C58H106NO8+. The number of quaternary nitrogens is 1. The monoisotopic (exact) mass is 945 g/mol. The van der Waals surface area contributed by atoms with Crippen LogP contribution in [0.2, 0.25) is 0 Å². The molecule has 0 rings (SSSR count). The molecule has 0 bridgehead atoms. The van der Waals surface area contributed by atoms with Crippen LogP contribution in [0.15, 0.2) is 48.6 Å². The van der Waals surface area contributed by atoms with Gasteiger partial charge in [-0.25, -0.2) is 4.79 Å². The van der Waals surface area contributed by atoms with Gasteiger partial charge in [-0.15, -0.1) is 0 Å². The normalized spacial score (nSPS) is 13.1. The molecule has 0 aromatic carbocycles. The van der Waals surface area contributed by atoms with Crippen molar-refractivity contribution in [2.24, 2.45) is 0 Å². The number of unbranched alkanes of at least 4 members (excludes halogenated alkanes) is 28. The minimum Gasteiger partial charge on any atom is -0.477 e. The lowest BCUT2D eigenvalue weighted by atomic mass is 10.0. The van der Waals surface area contributed by atoms with Crippen LogP contribution in [-0.4, -0.2) is 87.4 Å². The van der Waals surface area contributed by atoms with E-state index >= 15 is 0 Å². The number of carbonyl (C=O) groups excluding carboxylic acids is 2. The van der Waals surface area contributed by atoms with Crippen LogP contribution in [0.4, 0.5) is 0 Å². The molecule has 2 atom stereocenters. The summed E-state index contributed by atoms with van der Waals surface area (Å²) in [6.45, 7) is 4.77. The average Bonchev–Trinajstić information content (AvgIpc) is 3.29. The maximum absolute atomic E-state index is 12.8. The van der Waals surface area contributed by atoms with Gasteiger partial charge in [0.05, 0.1) is 34.4 Å². The molecule has 9 heteroatoms. The Morgan fingerprint density at radius 2 is 0.851 bits per heavy atom. The fourth-order valence-corrected chi connectivity index (χ4v) is 7.83. The van der Waals surface area contributed by atoms with Gasteiger partial charge in [0.25, 0.3) is 6.29 Å². The van der Waals surface area contributed by atoms with Crippen LogP contribution in [0, 0.1) is 0 Å². The molecule has 0 aliphatic carbocycles. The van der Waals surface area contributed by atoms with E-state index in [9.17, 15) is 19.5 Å². The number of hydrogen-bond donors (Lipinski definition) is 1. The van der Waals surface area contributed by atoms with Crippen molar-refractivity contribution in [3.63, 3.8) is 0 Å². The summed E-state index contributed by atoms with van der Waals surface area (Å²) < 4.78 is 22.9. The number of allylic oxidation sites excluding steroid dienone is 8. The third kappa shape index (κ3) is 50.9. The van der Waals surface area contributed by atoms with Gasteiger partial charge in [-0.1, -0.05) is 229 Å². The highest BCUT2D eigenvalue weighted by Crippen LogP contribution is 2.17. The molecule has 0 saturated carbocycles. The molecule has 0 aromatic heterocycles. The number of hydrogen-bond acceptors (Lipinski definition) is 7. The molecule has 0 spiro atoms. The number of carboxylic acid groups (broad SMARTS) is 1. The molecule has 67 heavy (non-hydrogen) atoms. The summed E-state index contributed by atoms with van der Waals surface area (Å²) in [6, 6.07) is 0. The van der Waals surface area contributed by atoms with E-state index in [4.69, 9.17) is 18.9 Å². The van der Waals surface area contributed by atoms with Crippen molar-refractivity contribution in [3.05, 3.63) is 48.6 Å². The summed E-state index contributed by atoms with van der Waals surface area (Å²) in [5.41, 5.74) is 0. The largest absolute Gasteiger partial charge is 0.477 e. The lowest BCUT2D eigenvalue weighted by Crippen LogP contribution is -2.40. The highest BCUT2D eigenvalue weighted by atomic mass is 16.7. The number of rotatable bonds is 51. The highest BCUT2D eigenvalue weighted by molar-refractivity contribution is 5.71. The van der Waals surface area contributed by atoms with Crippen LogP contribution in [0.1, 0.15) is 245 Å². The summed E-state index contributed by atoms with van der Waals surface area (Å²) in [7, 11) is 5.96. The van der Waals surface area contributed by atoms with E-state index < -0.39 is 24.3 Å². The second kappa shape index (κ2) is 49.7. The van der Waals surface area contributed by atoms with Crippen molar-refractivity contribution in [1.29, 1.82) is 0 Å². The van der Waals surface area contributed by atoms with Gasteiger partial charge in [-0.05, 0) is 51.4 Å². The molecule has 0 radical (unpaired) electrons. The third-order valence-electron chi connectivity index (χ3n) is 12.1. The van der Waals surface area contributed by atoms with Crippen molar-refractivity contribution >= 4 is 17.9 Å². The lowest BCUT2D eigenvalue weighted by molar-refractivity contribution is -0.870. The van der Waals surface area contributed by atoms with Gasteiger partial charge in [-0.3, -0.25) is 9.59 Å². The fourth-order valence-electron chi connectivity index (χ4n) is 7.83. The van der Waals surface area contributed by atoms with Crippen molar-refractivity contribution < 1.29 is 42.9 Å². The first-order valence-corrected chi connectivity index (χ1v) is 27.8. The van der Waals surface area contributed by atoms with Gasteiger partial charge in [0.2, 0.25) is 0 Å². The van der Waals surface area contributed by atoms with Gasteiger partial charge < -0.3 is 28.5 Å². The molecule has 0 aliphatic heterocycles. The summed E-state index contributed by atoms with van der Waals surface area (Å²) in [5.74, 6) is -2.01. The van der Waals surface area contributed by atoms with E-state index in [0.29, 0.717) is 23.9 Å². The number of carbonyl (C=O) groups is 3. The van der Waals surface area contributed by atoms with Crippen molar-refractivity contribution in [2.75, 3.05) is 47.5 Å². The van der Waals surface area contributed by atoms with E-state index in [1.807, 2.05) is 21.1 Å². The van der Waals surface area contributed by atoms with Crippen molar-refractivity contribution in [1.82, 2.24) is 0 Å². The van der Waals surface area contributed by atoms with Crippen LogP contribution in [-0.2, 0) is 33.3 Å². The summed E-state index contributed by atoms with van der Waals surface area (Å²) in [4.78, 5) is 37.4. The highest BCUT2D eigenvalue weighted by Gasteiger charge is 2.25. The third-order valence-corrected chi connectivity index (χ3v) is 12.1. The number of aliphatic carboxylic acids is 1. The summed E-state index contributed by atoms with van der Waals surface area (Å²) in [5, 5.41) is 9.69. The first-order chi connectivity index (χ1) is 32.6. The molecule has 1 N–H and O–H groups in total. The Morgan fingerprint density at radius 3 is 1.27 bits per heavy atom. The number of nitrogens with zero attached hydrogens (tertiary/aromatic N) is 1. The SMILES string of the molecule is CC/C=C\C/C=C\C/C=C\C/C=C\CCCCCCCCC(=O)OC(COC(=O)CCCCCCCCCCCCCCCCCCCCCCCCC)COC(OCC[N+](C)(C)C)C(=O)O. The van der Waals surface area contributed by atoms with E-state index in [1.165, 1.54) is 128 Å². The van der Waals surface area contributed by atoms with Crippen LogP contribution in [0.3, 0.4) is 0 Å². The number of carboxylic acids is 1. The topological polar surface area (TPSA) is 108 Å². The predicted molar refractivity (Wildman–Crippen MR) is 281 cm³/mol. The maximum Gasteiger partial charge on any atom is 0.361 e. The van der Waals surface area contributed by atoms with Gasteiger partial charge >= 0.3 is 17.9 Å². The molecule has 0 aromatic rings. The average molecular weight is 945 g/mol. The molecule has 9 nitrogen and oxygen atoms in total. The van der Waals surface area contributed by atoms with E-state index in [0.717, 1.165) is 83.5 Å². The Morgan fingerprint density at radius 1 is 0.463 bits per heavy atom. The molecule has 0 amide bonds. The minimum atomic E-state index is -1.51. The van der Waals surface area contributed by atoms with Crippen LogP contribution < -0.4 is 0 Å². The van der Waals surface area contributed by atoms with Crippen LogP contribution >= 0.6 is 0 Å². The van der Waals surface area contributed by atoms with E-state index in [2.05, 4.69) is 62.5 Å². The van der Waals surface area contributed by atoms with E-state index in [-0.39, 0.29) is 32.2 Å². The Kier molecular flexibility index (Phi) is 47.6. The molecule has 390 valence electrons. The quantitative estimate of drug-likeness (QED) is 0.0211. The first kappa shape index (κ1) is 64.2. The Bertz CT molecular complexity index is 1240. The van der Waals surface area contributed by atoms with Crippen molar-refractivity contribution in [3.8, 4) is 0 Å². The Labute approximate surface area is 412 Å². The zero-order chi connectivity index (χ0) is 49.2. The summed E-state index contributed by atoms with van der Waals surface area (Å²) in [6.07, 6.45) is 57.5. The second-order valence-corrected chi connectivity index (χ2v) is 19.9. The summed E-state index contributed by atoms with van der Waals surface area (Å²) >= 11 is 0. The van der Waals surface area contributed by atoms with Crippen LogP contribution in [0.25, 0.3) is 0 Å². The van der Waals surface area contributed by atoms with Gasteiger partial charge in [0, 0.05) is 12.8 Å². The molecule has 0 saturated heterocycles. The molecule has 2 unspecified atom stereocenters. The van der Waals surface area contributed by atoms with Crippen LogP contribution in [0.5, 0.6) is 0 Å². The van der Waals surface area contributed by atoms with Crippen molar-refractivity contribution in [2.45, 2.75) is 257 Å². The number of likely N-dealkylation sites (N-methyl/N-ethyl adjacent to an activating group) is 1. The molecule has 0 fully saturated rings. The standard InChI is InChI=1S/C58H105NO8/c1-6-8-10-12-14-16-18-20-22-24-26-27-28-29-31-32-34-36-38-40-42-44-46-48-55(60)65-52-54(53-66-58(57(62)63)64-51-50-59(3,4)5)67-56(61)49-47-45-43-41-39-37-35-33-30-25-23-21-19-17-15-13-11-9-7-2/h9,11,15,17,21,23,30,33,54,58H,6-8,10,12-14,16,18-20,22,24-29,31-32,34-53H2,1-5H3/p+1/b11-9-,17-15-,23-21-,33-30-. The first-order valence-electron chi connectivity index (χ1n) is 27.8. The minimum absolute atomic E-state index is 0.184. The Hall–Kier alpha value is -2.75. The smallest absolute Gasteiger partial charge is 0.361 e. The molecular weight excluding hydrogens is 839 g/mol. The number of ether oxygens (including phenoxy) is 4. The van der Waals surface area contributed by atoms with Gasteiger partial charge in [-0.2, -0.15) is 0 Å².